The highest BCUT2D eigenvalue weighted by atomic mass is 16.2. The fourth-order valence-corrected chi connectivity index (χ4v) is 1.72. The fraction of sp³-hybridized carbons (Fsp3) is 0.400. The molecule has 1 aromatic heterocycles. The van der Waals surface area contributed by atoms with Crippen molar-refractivity contribution in [3.63, 3.8) is 0 Å². The van der Waals surface area contributed by atoms with Crippen LogP contribution < -0.4 is 16.0 Å². The third kappa shape index (κ3) is 2.09. The molecular formula is C10H13N5O2. The molecule has 0 bridgehead atoms. The average molecular weight is 235 g/mol. The van der Waals surface area contributed by atoms with Gasteiger partial charge in [-0.3, -0.25) is 19.9 Å². The highest BCUT2D eigenvalue weighted by Gasteiger charge is 2.32. The van der Waals surface area contributed by atoms with Crippen LogP contribution in [0.1, 0.15) is 12.6 Å². The molecule has 0 aromatic carbocycles. The van der Waals surface area contributed by atoms with Crippen molar-refractivity contribution in [3.8, 4) is 0 Å². The number of piperazine rings is 1. The molecule has 17 heavy (non-hydrogen) atoms. The van der Waals surface area contributed by atoms with Gasteiger partial charge in [-0.15, -0.1) is 0 Å². The predicted molar refractivity (Wildman–Crippen MR) is 59.9 cm³/mol. The third-order valence-corrected chi connectivity index (χ3v) is 2.64. The highest BCUT2D eigenvalue weighted by molar-refractivity contribution is 6.04. The first-order chi connectivity index (χ1) is 8.13. The molecule has 1 unspecified atom stereocenters. The summed E-state index contributed by atoms with van der Waals surface area (Å²) in [7, 11) is 0. The number of carbonyl (C=O) groups is 2. The van der Waals surface area contributed by atoms with Gasteiger partial charge in [0.1, 0.15) is 6.04 Å². The normalized spacial score (nSPS) is 20.4. The Morgan fingerprint density at radius 1 is 1.47 bits per heavy atom. The van der Waals surface area contributed by atoms with Crippen LogP contribution in [0.25, 0.3) is 0 Å². The molecule has 2 heterocycles. The third-order valence-electron chi connectivity index (χ3n) is 2.64. The Morgan fingerprint density at radius 3 is 2.88 bits per heavy atom. The summed E-state index contributed by atoms with van der Waals surface area (Å²) in [6, 6.07) is -0.463. The average Bonchev–Trinajstić information content (AvgIpc) is 2.33. The highest BCUT2D eigenvalue weighted by Crippen LogP contribution is 2.18. The van der Waals surface area contributed by atoms with Crippen LogP contribution in [-0.4, -0.2) is 34.4 Å². The maximum atomic E-state index is 11.5. The summed E-state index contributed by atoms with van der Waals surface area (Å²) in [5, 5.41) is 2.27. The van der Waals surface area contributed by atoms with Gasteiger partial charge in [0.25, 0.3) is 0 Å². The molecule has 1 saturated heterocycles. The van der Waals surface area contributed by atoms with Gasteiger partial charge in [-0.2, -0.15) is 0 Å². The molecule has 1 fully saturated rings. The topological polar surface area (TPSA) is 101 Å². The van der Waals surface area contributed by atoms with Gasteiger partial charge in [-0.1, -0.05) is 0 Å². The minimum atomic E-state index is -0.463. The van der Waals surface area contributed by atoms with Gasteiger partial charge in [-0.05, 0) is 6.92 Å². The van der Waals surface area contributed by atoms with Crippen LogP contribution in [0.2, 0.25) is 0 Å². The van der Waals surface area contributed by atoms with Crippen LogP contribution in [0.5, 0.6) is 0 Å². The number of rotatable bonds is 2. The maximum Gasteiger partial charge on any atom is 0.249 e. The van der Waals surface area contributed by atoms with Crippen molar-refractivity contribution in [1.82, 2.24) is 15.3 Å². The second-order valence-corrected chi connectivity index (χ2v) is 3.75. The van der Waals surface area contributed by atoms with Gasteiger partial charge in [0.15, 0.2) is 5.82 Å². The molecular weight excluding hydrogens is 222 g/mol. The SMILES string of the molecule is CC1C(=O)NC(=O)CN1c1nccnc1CN. The number of nitrogens with two attached hydrogens (primary N) is 1. The monoisotopic (exact) mass is 235 g/mol. The van der Waals surface area contributed by atoms with E-state index >= 15 is 0 Å². The number of imide groups is 1. The fourth-order valence-electron chi connectivity index (χ4n) is 1.72. The van der Waals surface area contributed by atoms with Gasteiger partial charge >= 0.3 is 0 Å². The van der Waals surface area contributed by atoms with Crippen LogP contribution in [0, 0.1) is 0 Å². The molecule has 3 N–H and O–H groups in total. The molecule has 0 aliphatic carbocycles. The van der Waals surface area contributed by atoms with Crippen LogP contribution >= 0.6 is 0 Å². The Labute approximate surface area is 98.0 Å². The predicted octanol–water partition coefficient (Wildman–Crippen LogP) is -1.21. The van der Waals surface area contributed by atoms with E-state index in [1.54, 1.807) is 11.8 Å². The van der Waals surface area contributed by atoms with E-state index in [4.69, 9.17) is 5.73 Å². The Bertz CT molecular complexity index is 462. The Balaban J connectivity index is 2.37. The van der Waals surface area contributed by atoms with Gasteiger partial charge in [0, 0.05) is 18.9 Å². The van der Waals surface area contributed by atoms with E-state index in [9.17, 15) is 9.59 Å². The van der Waals surface area contributed by atoms with Crippen molar-refractivity contribution in [1.29, 1.82) is 0 Å². The van der Waals surface area contributed by atoms with Gasteiger partial charge in [0.05, 0.1) is 12.2 Å². The number of aromatic nitrogens is 2. The quantitative estimate of drug-likeness (QED) is 0.623. The molecule has 1 aromatic rings. The molecule has 1 aliphatic rings. The van der Waals surface area contributed by atoms with E-state index in [2.05, 4.69) is 15.3 Å². The van der Waals surface area contributed by atoms with Crippen LogP contribution in [0.3, 0.4) is 0 Å². The molecule has 2 rings (SSSR count). The first-order valence-corrected chi connectivity index (χ1v) is 5.23. The zero-order chi connectivity index (χ0) is 12.4. The number of carbonyl (C=O) groups excluding carboxylic acids is 2. The van der Waals surface area contributed by atoms with E-state index in [1.165, 1.54) is 12.4 Å². The number of nitrogens with zero attached hydrogens (tertiary/aromatic N) is 3. The van der Waals surface area contributed by atoms with Crippen LogP contribution in [-0.2, 0) is 16.1 Å². The second-order valence-electron chi connectivity index (χ2n) is 3.75. The number of amides is 2. The minimum absolute atomic E-state index is 0.0819. The van der Waals surface area contributed by atoms with Crippen molar-refractivity contribution in [3.05, 3.63) is 18.1 Å². The lowest BCUT2D eigenvalue weighted by Crippen LogP contribution is -2.57. The standard InChI is InChI=1S/C10H13N5O2/c1-6-10(17)14-8(16)5-15(6)9-7(4-11)12-2-3-13-9/h2-3,6H,4-5,11H2,1H3,(H,14,16,17). The zero-order valence-electron chi connectivity index (χ0n) is 9.38. The Morgan fingerprint density at radius 2 is 2.18 bits per heavy atom. The van der Waals surface area contributed by atoms with Crippen molar-refractivity contribution >= 4 is 17.6 Å². The summed E-state index contributed by atoms with van der Waals surface area (Å²) in [5.41, 5.74) is 6.13. The zero-order valence-corrected chi connectivity index (χ0v) is 9.38. The lowest BCUT2D eigenvalue weighted by atomic mass is 10.2. The van der Waals surface area contributed by atoms with Crippen molar-refractivity contribution < 1.29 is 9.59 Å². The summed E-state index contributed by atoms with van der Waals surface area (Å²) in [6.45, 7) is 2.00. The Kier molecular flexibility index (Phi) is 3.01. The molecule has 1 atom stereocenters. The molecule has 0 saturated carbocycles. The van der Waals surface area contributed by atoms with E-state index in [0.29, 0.717) is 11.5 Å². The molecule has 1 aliphatic heterocycles. The lowest BCUT2D eigenvalue weighted by molar-refractivity contribution is -0.132. The van der Waals surface area contributed by atoms with Gasteiger partial charge in [-0.25, -0.2) is 4.98 Å². The largest absolute Gasteiger partial charge is 0.334 e. The van der Waals surface area contributed by atoms with Crippen molar-refractivity contribution in [2.24, 2.45) is 5.73 Å². The molecule has 0 spiro atoms. The maximum absolute atomic E-state index is 11.5. The first kappa shape index (κ1) is 11.5. The van der Waals surface area contributed by atoms with Gasteiger partial charge in [0.2, 0.25) is 11.8 Å². The molecule has 7 heteroatoms. The van der Waals surface area contributed by atoms with Crippen molar-refractivity contribution in [2.45, 2.75) is 19.5 Å². The minimum Gasteiger partial charge on any atom is -0.334 e. The lowest BCUT2D eigenvalue weighted by Gasteiger charge is -2.33. The molecule has 90 valence electrons. The van der Waals surface area contributed by atoms with Crippen molar-refractivity contribution in [2.75, 3.05) is 11.4 Å². The number of hydrogen-bond donors (Lipinski definition) is 2. The summed E-state index contributed by atoms with van der Waals surface area (Å²) in [6.07, 6.45) is 3.04. The first-order valence-electron chi connectivity index (χ1n) is 5.23. The molecule has 7 nitrogen and oxygen atoms in total. The van der Waals surface area contributed by atoms with E-state index in [1.807, 2.05) is 0 Å². The summed E-state index contributed by atoms with van der Waals surface area (Å²) in [5.74, 6) is -0.192. The number of anilines is 1. The summed E-state index contributed by atoms with van der Waals surface area (Å²) < 4.78 is 0. The summed E-state index contributed by atoms with van der Waals surface area (Å²) >= 11 is 0. The van der Waals surface area contributed by atoms with Crippen LogP contribution in [0.4, 0.5) is 5.82 Å². The smallest absolute Gasteiger partial charge is 0.249 e. The molecule has 0 radical (unpaired) electrons. The van der Waals surface area contributed by atoms with E-state index in [-0.39, 0.29) is 24.9 Å². The van der Waals surface area contributed by atoms with Gasteiger partial charge < -0.3 is 10.6 Å². The second kappa shape index (κ2) is 4.46. The Hall–Kier alpha value is -2.02. The molecule has 2 amide bonds. The van der Waals surface area contributed by atoms with E-state index < -0.39 is 6.04 Å². The van der Waals surface area contributed by atoms with E-state index in [0.717, 1.165) is 0 Å². The van der Waals surface area contributed by atoms with Crippen LogP contribution in [0.15, 0.2) is 12.4 Å². The number of hydrogen-bond acceptors (Lipinski definition) is 6. The summed E-state index contributed by atoms with van der Waals surface area (Å²) in [4.78, 5) is 32.7. The number of nitrogens with one attached hydrogen (secondary N) is 1.